The lowest BCUT2D eigenvalue weighted by molar-refractivity contribution is -0.132. The van der Waals surface area contributed by atoms with E-state index >= 15 is 0 Å². The Morgan fingerprint density at radius 2 is 0.756 bits per heavy atom. The minimum Gasteiger partial charge on any atom is -0.394 e. The van der Waals surface area contributed by atoms with Gasteiger partial charge < -0.3 is 25.7 Å². The van der Waals surface area contributed by atoms with Gasteiger partial charge in [-0.25, -0.2) is 0 Å². The van der Waals surface area contributed by atoms with Crippen molar-refractivity contribution in [2.45, 2.75) is 237 Å². The first-order valence-corrected chi connectivity index (χ1v) is 19.9. The van der Waals surface area contributed by atoms with Crippen LogP contribution in [-0.4, -0.2) is 57.3 Å². The standard InChI is InChI=1S/C39H79NO5/c1-3-5-7-9-11-13-15-16-17-18-19-20-21-23-24-26-28-30-32-36(42)38(44)35(34-41)40-39(45)37(43)33-31-29-27-25-22-14-12-10-8-6-4-2/h35-38,41-44H,3-34H2,1-2H3,(H,40,45). The van der Waals surface area contributed by atoms with Crippen LogP contribution in [0.25, 0.3) is 0 Å². The van der Waals surface area contributed by atoms with E-state index in [9.17, 15) is 25.2 Å². The predicted molar refractivity (Wildman–Crippen MR) is 192 cm³/mol. The Hall–Kier alpha value is -0.690. The quantitative estimate of drug-likeness (QED) is 0.0438. The Kier molecular flexibility index (Phi) is 34.1. The molecule has 0 radical (unpaired) electrons. The fourth-order valence-corrected chi connectivity index (χ4v) is 6.34. The summed E-state index contributed by atoms with van der Waals surface area (Å²) < 4.78 is 0. The highest BCUT2D eigenvalue weighted by atomic mass is 16.3. The van der Waals surface area contributed by atoms with Crippen molar-refractivity contribution >= 4 is 5.91 Å². The monoisotopic (exact) mass is 642 g/mol. The maximum atomic E-state index is 12.4. The number of aliphatic hydroxyl groups excluding tert-OH is 4. The molecule has 0 aliphatic rings. The molecule has 0 spiro atoms. The van der Waals surface area contributed by atoms with Gasteiger partial charge in [0, 0.05) is 0 Å². The Morgan fingerprint density at radius 3 is 1.07 bits per heavy atom. The molecule has 4 atom stereocenters. The summed E-state index contributed by atoms with van der Waals surface area (Å²) in [6, 6.07) is -0.977. The molecule has 0 aromatic rings. The molecule has 0 aromatic heterocycles. The molecular formula is C39H79NO5. The van der Waals surface area contributed by atoms with E-state index in [1.54, 1.807) is 0 Å². The Labute approximate surface area is 279 Å². The van der Waals surface area contributed by atoms with Crippen LogP contribution in [0.15, 0.2) is 0 Å². The lowest BCUT2D eigenvalue weighted by Gasteiger charge is -2.27. The second kappa shape index (κ2) is 34.6. The Balaban J connectivity index is 3.73. The zero-order chi connectivity index (χ0) is 33.2. The van der Waals surface area contributed by atoms with Gasteiger partial charge in [0.1, 0.15) is 12.2 Å². The summed E-state index contributed by atoms with van der Waals surface area (Å²) in [7, 11) is 0. The molecular weight excluding hydrogens is 562 g/mol. The third-order valence-corrected chi connectivity index (χ3v) is 9.57. The molecule has 0 fully saturated rings. The molecule has 270 valence electrons. The summed E-state index contributed by atoms with van der Waals surface area (Å²) in [6.45, 7) is 4.04. The molecule has 0 aliphatic carbocycles. The predicted octanol–water partition coefficient (Wildman–Crippen LogP) is 9.68. The molecule has 6 heteroatoms. The van der Waals surface area contributed by atoms with E-state index < -0.39 is 36.9 Å². The molecule has 5 N–H and O–H groups in total. The van der Waals surface area contributed by atoms with Crippen molar-refractivity contribution in [2.75, 3.05) is 6.61 Å². The van der Waals surface area contributed by atoms with Crippen LogP contribution in [-0.2, 0) is 4.79 Å². The highest BCUT2D eigenvalue weighted by Gasteiger charge is 2.28. The zero-order valence-corrected chi connectivity index (χ0v) is 30.1. The number of hydrogen-bond acceptors (Lipinski definition) is 5. The fourth-order valence-electron chi connectivity index (χ4n) is 6.34. The first kappa shape index (κ1) is 44.3. The second-order valence-electron chi connectivity index (χ2n) is 14.0. The minimum atomic E-state index is -1.25. The van der Waals surface area contributed by atoms with Crippen molar-refractivity contribution in [3.8, 4) is 0 Å². The SMILES string of the molecule is CCCCCCCCCCCCCCCCCCCCC(O)C(O)C(CO)NC(=O)C(O)CCCCCCCCCCCCC. The van der Waals surface area contributed by atoms with Crippen molar-refractivity contribution in [3.05, 3.63) is 0 Å². The van der Waals surface area contributed by atoms with Crippen LogP contribution in [0, 0.1) is 0 Å². The van der Waals surface area contributed by atoms with Crippen molar-refractivity contribution in [1.29, 1.82) is 0 Å². The van der Waals surface area contributed by atoms with Crippen LogP contribution in [0.1, 0.15) is 213 Å². The van der Waals surface area contributed by atoms with E-state index in [2.05, 4.69) is 19.2 Å². The normalized spacial score (nSPS) is 14.4. The molecule has 0 aliphatic heterocycles. The molecule has 6 nitrogen and oxygen atoms in total. The maximum Gasteiger partial charge on any atom is 0.249 e. The first-order chi connectivity index (χ1) is 22.0. The fraction of sp³-hybridized carbons (Fsp3) is 0.974. The number of amides is 1. The van der Waals surface area contributed by atoms with Gasteiger partial charge in [-0.3, -0.25) is 4.79 Å². The third kappa shape index (κ3) is 29.2. The largest absolute Gasteiger partial charge is 0.394 e. The van der Waals surface area contributed by atoms with E-state index in [1.165, 1.54) is 148 Å². The molecule has 0 aromatic carbocycles. The average Bonchev–Trinajstić information content (AvgIpc) is 3.04. The van der Waals surface area contributed by atoms with Gasteiger partial charge in [0.15, 0.2) is 0 Å². The number of nitrogens with one attached hydrogen (secondary N) is 1. The summed E-state index contributed by atoms with van der Waals surface area (Å²) in [5, 5.41) is 43.5. The molecule has 4 unspecified atom stereocenters. The van der Waals surface area contributed by atoms with Gasteiger partial charge in [0.2, 0.25) is 5.91 Å². The Morgan fingerprint density at radius 1 is 0.467 bits per heavy atom. The van der Waals surface area contributed by atoms with Crippen molar-refractivity contribution in [3.63, 3.8) is 0 Å². The second-order valence-corrected chi connectivity index (χ2v) is 14.0. The maximum absolute atomic E-state index is 12.4. The van der Waals surface area contributed by atoms with Crippen LogP contribution in [0.2, 0.25) is 0 Å². The smallest absolute Gasteiger partial charge is 0.249 e. The minimum absolute atomic E-state index is 0.374. The summed E-state index contributed by atoms with van der Waals surface area (Å²) >= 11 is 0. The topological polar surface area (TPSA) is 110 Å². The molecule has 0 heterocycles. The van der Waals surface area contributed by atoms with Crippen molar-refractivity contribution in [2.24, 2.45) is 0 Å². The van der Waals surface area contributed by atoms with E-state index in [0.717, 1.165) is 38.5 Å². The van der Waals surface area contributed by atoms with Gasteiger partial charge in [0.25, 0.3) is 0 Å². The number of unbranched alkanes of at least 4 members (excludes halogenated alkanes) is 27. The van der Waals surface area contributed by atoms with Gasteiger partial charge in [-0.15, -0.1) is 0 Å². The first-order valence-electron chi connectivity index (χ1n) is 19.9. The summed E-state index contributed by atoms with van der Waals surface area (Å²) in [5.41, 5.74) is 0. The summed E-state index contributed by atoms with van der Waals surface area (Å²) in [6.07, 6.45) is 34.1. The van der Waals surface area contributed by atoms with Gasteiger partial charge in [-0.05, 0) is 12.8 Å². The highest BCUT2D eigenvalue weighted by Crippen LogP contribution is 2.17. The summed E-state index contributed by atoms with van der Waals surface area (Å²) in [4.78, 5) is 12.4. The third-order valence-electron chi connectivity index (χ3n) is 9.57. The van der Waals surface area contributed by atoms with Gasteiger partial charge in [-0.2, -0.15) is 0 Å². The number of carbonyl (C=O) groups is 1. The molecule has 0 saturated heterocycles. The number of rotatable bonds is 36. The lowest BCUT2D eigenvalue weighted by Crippen LogP contribution is -2.53. The molecule has 0 rings (SSSR count). The van der Waals surface area contributed by atoms with Gasteiger partial charge in [0.05, 0.1) is 18.8 Å². The Bertz CT molecular complexity index is 604. The highest BCUT2D eigenvalue weighted by molar-refractivity contribution is 5.80. The van der Waals surface area contributed by atoms with Crippen LogP contribution in [0.3, 0.4) is 0 Å². The van der Waals surface area contributed by atoms with Crippen LogP contribution in [0.5, 0.6) is 0 Å². The van der Waals surface area contributed by atoms with Crippen molar-refractivity contribution in [1.82, 2.24) is 5.32 Å². The number of aliphatic hydroxyl groups is 4. The van der Waals surface area contributed by atoms with E-state index in [4.69, 9.17) is 0 Å². The van der Waals surface area contributed by atoms with E-state index in [-0.39, 0.29) is 0 Å². The summed E-state index contributed by atoms with van der Waals surface area (Å²) in [5.74, 6) is -0.583. The molecule has 45 heavy (non-hydrogen) atoms. The van der Waals surface area contributed by atoms with Crippen LogP contribution in [0.4, 0.5) is 0 Å². The van der Waals surface area contributed by atoms with Crippen LogP contribution < -0.4 is 5.32 Å². The molecule has 1 amide bonds. The van der Waals surface area contributed by atoms with Gasteiger partial charge >= 0.3 is 0 Å². The van der Waals surface area contributed by atoms with E-state index in [1.807, 2.05) is 0 Å². The lowest BCUT2D eigenvalue weighted by atomic mass is 9.99. The van der Waals surface area contributed by atoms with Crippen molar-refractivity contribution < 1.29 is 25.2 Å². The van der Waals surface area contributed by atoms with E-state index in [0.29, 0.717) is 12.8 Å². The van der Waals surface area contributed by atoms with Gasteiger partial charge in [-0.1, -0.05) is 200 Å². The molecule has 0 saturated carbocycles. The number of carbonyl (C=O) groups excluding carboxylic acids is 1. The zero-order valence-electron chi connectivity index (χ0n) is 30.1. The van der Waals surface area contributed by atoms with Crippen LogP contribution >= 0.6 is 0 Å². The average molecular weight is 642 g/mol. The number of hydrogen-bond donors (Lipinski definition) is 5. The molecule has 0 bridgehead atoms.